The molecule has 1 aromatic heterocycles. The van der Waals surface area contributed by atoms with Crippen molar-refractivity contribution in [2.45, 2.75) is 64.8 Å². The Kier molecular flexibility index (Phi) is 10.2. The van der Waals surface area contributed by atoms with Crippen molar-refractivity contribution in [1.29, 1.82) is 0 Å². The number of carbonyl (C=O) groups is 2. The van der Waals surface area contributed by atoms with Gasteiger partial charge in [-0.3, -0.25) is 14.2 Å². The fourth-order valence-electron chi connectivity index (χ4n) is 5.50. The van der Waals surface area contributed by atoms with Crippen molar-refractivity contribution in [1.82, 2.24) is 4.57 Å². The summed E-state index contributed by atoms with van der Waals surface area (Å²) in [5, 5.41) is 4.47. The van der Waals surface area contributed by atoms with E-state index in [2.05, 4.69) is 24.9 Å². The summed E-state index contributed by atoms with van der Waals surface area (Å²) >= 11 is 0. The first-order chi connectivity index (χ1) is 18.1. The molecule has 2 aromatic carbocycles. The first-order valence-corrected chi connectivity index (χ1v) is 14.0. The highest BCUT2D eigenvalue weighted by molar-refractivity contribution is 7.38. The molecule has 10 heteroatoms. The van der Waals surface area contributed by atoms with Gasteiger partial charge in [0.15, 0.2) is 6.29 Å². The second kappa shape index (κ2) is 12.9. The van der Waals surface area contributed by atoms with E-state index in [1.807, 2.05) is 18.2 Å². The van der Waals surface area contributed by atoms with Crippen molar-refractivity contribution in [3.63, 3.8) is 0 Å². The van der Waals surface area contributed by atoms with Crippen molar-refractivity contribution in [2.75, 3.05) is 12.4 Å². The molecule has 2 aliphatic rings. The zero-order valence-corrected chi connectivity index (χ0v) is 23.0. The van der Waals surface area contributed by atoms with Gasteiger partial charge in [0.05, 0.1) is 5.52 Å². The van der Waals surface area contributed by atoms with Crippen LogP contribution in [0, 0.1) is 11.2 Å². The molecule has 3 aromatic rings. The maximum absolute atomic E-state index is 14.1. The number of aromatic nitrogens is 1. The third-order valence-electron chi connectivity index (χ3n) is 6.99. The van der Waals surface area contributed by atoms with Gasteiger partial charge in [-0.05, 0) is 67.6 Å². The van der Waals surface area contributed by atoms with Crippen LogP contribution in [-0.4, -0.2) is 44.5 Å². The molecule has 8 nitrogen and oxygen atoms in total. The molecule has 5 rings (SSSR count). The lowest BCUT2D eigenvalue weighted by molar-refractivity contribution is 0.0816. The van der Waals surface area contributed by atoms with Crippen LogP contribution in [0.25, 0.3) is 22.0 Å². The van der Waals surface area contributed by atoms with Crippen molar-refractivity contribution in [3.8, 4) is 11.1 Å². The Morgan fingerprint density at radius 3 is 2.34 bits per heavy atom. The Balaban J connectivity index is 0.000000612. The van der Waals surface area contributed by atoms with Crippen LogP contribution in [0.15, 0.2) is 36.4 Å². The summed E-state index contributed by atoms with van der Waals surface area (Å²) in [6, 6.07) is 10.9. The maximum atomic E-state index is 14.1. The van der Waals surface area contributed by atoms with E-state index in [1.54, 1.807) is 10.6 Å². The largest absolute Gasteiger partial charge is 0.382 e. The van der Waals surface area contributed by atoms with E-state index >= 15 is 0 Å². The van der Waals surface area contributed by atoms with E-state index in [9.17, 15) is 14.0 Å². The SMILES string of the molecule is CC1(C)CC(=O)n2c(c(-c3ccc(C=O)c(NC4CCCCC4)c3)c3ccc(F)cc32)C1.CN.OP(O)O. The first kappa shape index (κ1) is 29.9. The highest BCUT2D eigenvalue weighted by Gasteiger charge is 2.35. The van der Waals surface area contributed by atoms with Gasteiger partial charge in [0, 0.05) is 40.4 Å². The number of halogens is 1. The summed E-state index contributed by atoms with van der Waals surface area (Å²) < 4.78 is 15.9. The molecular weight excluding hydrogens is 508 g/mol. The van der Waals surface area contributed by atoms with E-state index in [-0.39, 0.29) is 17.1 Å². The molecule has 1 saturated carbocycles. The number of nitrogens with zero attached hydrogens (tertiary/aromatic N) is 1. The van der Waals surface area contributed by atoms with Crippen LogP contribution in [-0.2, 0) is 6.42 Å². The highest BCUT2D eigenvalue weighted by Crippen LogP contribution is 2.43. The lowest BCUT2D eigenvalue weighted by Crippen LogP contribution is -2.31. The van der Waals surface area contributed by atoms with Gasteiger partial charge in [0.2, 0.25) is 5.91 Å². The highest BCUT2D eigenvalue weighted by atomic mass is 31.2. The minimum Gasteiger partial charge on any atom is -0.382 e. The number of benzene rings is 2. The smallest absolute Gasteiger partial charge is 0.324 e. The van der Waals surface area contributed by atoms with Crippen molar-refractivity contribution in [3.05, 3.63) is 53.5 Å². The zero-order chi connectivity index (χ0) is 28.0. The van der Waals surface area contributed by atoms with Crippen LogP contribution < -0.4 is 11.1 Å². The van der Waals surface area contributed by atoms with E-state index in [0.717, 1.165) is 53.4 Å². The second-order valence-electron chi connectivity index (χ2n) is 10.4. The van der Waals surface area contributed by atoms with Gasteiger partial charge in [-0.15, -0.1) is 0 Å². The van der Waals surface area contributed by atoms with Crippen molar-refractivity contribution in [2.24, 2.45) is 11.1 Å². The molecule has 0 amide bonds. The first-order valence-electron chi connectivity index (χ1n) is 12.8. The van der Waals surface area contributed by atoms with Crippen LogP contribution in [0.2, 0.25) is 0 Å². The maximum Gasteiger partial charge on any atom is 0.324 e. The van der Waals surface area contributed by atoms with E-state index in [4.69, 9.17) is 14.7 Å². The Bertz CT molecular complexity index is 1280. The van der Waals surface area contributed by atoms with Gasteiger partial charge in [0.25, 0.3) is 0 Å². The molecule has 0 spiro atoms. The van der Waals surface area contributed by atoms with Gasteiger partial charge < -0.3 is 25.7 Å². The van der Waals surface area contributed by atoms with Crippen molar-refractivity contribution >= 4 is 37.4 Å². The van der Waals surface area contributed by atoms with Crippen LogP contribution >= 0.6 is 8.60 Å². The van der Waals surface area contributed by atoms with E-state index in [1.165, 1.54) is 38.4 Å². The molecule has 2 heterocycles. The molecule has 1 fully saturated rings. The Morgan fingerprint density at radius 2 is 1.71 bits per heavy atom. The zero-order valence-electron chi connectivity index (χ0n) is 22.1. The third-order valence-corrected chi connectivity index (χ3v) is 6.99. The Morgan fingerprint density at radius 1 is 1.05 bits per heavy atom. The fraction of sp³-hybridized carbons (Fsp3) is 0.429. The number of rotatable bonds is 4. The quantitative estimate of drug-likeness (QED) is 0.219. The van der Waals surface area contributed by atoms with Gasteiger partial charge >= 0.3 is 8.60 Å². The molecule has 38 heavy (non-hydrogen) atoms. The number of hydrogen-bond acceptors (Lipinski definition) is 7. The molecule has 0 radical (unpaired) electrons. The summed E-state index contributed by atoms with van der Waals surface area (Å²) in [6.07, 6.45) is 7.93. The van der Waals surface area contributed by atoms with Crippen LogP contribution in [0.1, 0.15) is 73.2 Å². The van der Waals surface area contributed by atoms with Crippen molar-refractivity contribution < 1.29 is 28.7 Å². The third kappa shape index (κ3) is 6.84. The molecule has 0 unspecified atom stereocenters. The van der Waals surface area contributed by atoms with E-state index in [0.29, 0.717) is 23.5 Å². The van der Waals surface area contributed by atoms with Gasteiger partial charge in [-0.1, -0.05) is 39.2 Å². The van der Waals surface area contributed by atoms with Crippen LogP contribution in [0.4, 0.5) is 10.1 Å². The summed E-state index contributed by atoms with van der Waals surface area (Å²) in [5.74, 6) is -0.346. The molecule has 0 atom stereocenters. The Hall–Kier alpha value is -2.68. The summed E-state index contributed by atoms with van der Waals surface area (Å²) in [7, 11) is -1.12. The lowest BCUT2D eigenvalue weighted by atomic mass is 9.80. The van der Waals surface area contributed by atoms with Crippen LogP contribution in [0.5, 0.6) is 0 Å². The second-order valence-corrected chi connectivity index (χ2v) is 10.9. The topological polar surface area (TPSA) is 138 Å². The molecule has 0 saturated heterocycles. The summed E-state index contributed by atoms with van der Waals surface area (Å²) in [4.78, 5) is 46.5. The number of anilines is 1. The summed E-state index contributed by atoms with van der Waals surface area (Å²) in [5.41, 5.74) is 9.27. The molecule has 1 aliphatic heterocycles. The van der Waals surface area contributed by atoms with Gasteiger partial charge in [-0.2, -0.15) is 0 Å². The predicted molar refractivity (Wildman–Crippen MR) is 150 cm³/mol. The van der Waals surface area contributed by atoms with Crippen LogP contribution in [0.3, 0.4) is 0 Å². The lowest BCUT2D eigenvalue weighted by Gasteiger charge is -2.30. The minimum atomic E-state index is -2.62. The molecule has 206 valence electrons. The average Bonchev–Trinajstić information content (AvgIpc) is 3.17. The molecule has 6 N–H and O–H groups in total. The van der Waals surface area contributed by atoms with E-state index < -0.39 is 8.60 Å². The fourth-order valence-corrected chi connectivity index (χ4v) is 5.50. The molecular formula is C28H37FN3O5P. The number of aldehydes is 1. The standard InChI is InChI=1S/C27H29FN2O2.CH5N.H3O3P/c1-27(2)14-24-26(21-11-10-19(28)13-23(21)30(24)25(32)15-27)17-8-9-18(16-31)22(12-17)29-20-6-4-3-5-7-20;1-2;1-4(2)3/h8-13,16,20,29H,3-7,14-15H2,1-2H3;2H2,1H3;1-3H. The number of carbonyl (C=O) groups excluding carboxylic acids is 2. The number of hydrogen-bond donors (Lipinski definition) is 5. The number of nitrogens with one attached hydrogen (secondary N) is 1. The number of fused-ring (bicyclic) bond motifs is 3. The monoisotopic (exact) mass is 545 g/mol. The Labute approximate surface area is 223 Å². The van der Waals surface area contributed by atoms with Gasteiger partial charge in [-0.25, -0.2) is 4.39 Å². The minimum absolute atomic E-state index is 0.00293. The van der Waals surface area contributed by atoms with Gasteiger partial charge in [0.1, 0.15) is 5.82 Å². The molecule has 0 bridgehead atoms. The average molecular weight is 546 g/mol. The normalized spacial score (nSPS) is 16.7. The summed E-state index contributed by atoms with van der Waals surface area (Å²) in [6.45, 7) is 4.20. The number of nitrogens with two attached hydrogens (primary N) is 1. The molecule has 1 aliphatic carbocycles. The predicted octanol–water partition coefficient (Wildman–Crippen LogP) is 5.38.